The van der Waals surface area contributed by atoms with Crippen molar-refractivity contribution >= 4 is 5.91 Å². The van der Waals surface area contributed by atoms with Crippen molar-refractivity contribution in [3.05, 3.63) is 59.7 Å². The summed E-state index contributed by atoms with van der Waals surface area (Å²) in [6.07, 6.45) is 7.46. The second kappa shape index (κ2) is 6.21. The van der Waals surface area contributed by atoms with Crippen LogP contribution >= 0.6 is 0 Å². The van der Waals surface area contributed by atoms with E-state index in [-0.39, 0.29) is 5.91 Å². The normalized spacial score (nSPS) is 10.6. The number of hydrogen-bond acceptors (Lipinski definition) is 4. The first-order valence-corrected chi connectivity index (χ1v) is 6.97. The van der Waals surface area contributed by atoms with E-state index in [9.17, 15) is 4.79 Å². The van der Waals surface area contributed by atoms with Gasteiger partial charge in [0.25, 0.3) is 5.91 Å². The first-order valence-electron chi connectivity index (χ1n) is 6.97. The molecule has 7 nitrogen and oxygen atoms in total. The largest absolute Gasteiger partial charge is 0.352 e. The summed E-state index contributed by atoms with van der Waals surface area (Å²) in [5.74, 6) is -0.139. The number of aromatic amines is 1. The zero-order valence-electron chi connectivity index (χ0n) is 12.2. The molecule has 0 spiro atoms. The third-order valence-electron chi connectivity index (χ3n) is 3.28. The molecule has 0 aliphatic heterocycles. The van der Waals surface area contributed by atoms with Crippen LogP contribution in [0.4, 0.5) is 0 Å². The Kier molecular flexibility index (Phi) is 3.95. The highest BCUT2D eigenvalue weighted by molar-refractivity contribution is 5.97. The lowest BCUT2D eigenvalue weighted by Gasteiger charge is -2.10. The molecule has 0 unspecified atom stereocenters. The summed E-state index contributed by atoms with van der Waals surface area (Å²) in [4.78, 5) is 13.9. The molecular weight excluding hydrogens is 280 g/mol. The molecule has 1 amide bonds. The summed E-state index contributed by atoms with van der Waals surface area (Å²) < 4.78 is 0. The summed E-state index contributed by atoms with van der Waals surface area (Å²) in [7, 11) is 0. The molecule has 0 saturated carbocycles. The maximum atomic E-state index is 12.4. The van der Waals surface area contributed by atoms with E-state index in [1.165, 1.54) is 4.80 Å². The van der Waals surface area contributed by atoms with Crippen LogP contribution in [0.3, 0.4) is 0 Å². The third kappa shape index (κ3) is 3.03. The predicted octanol–water partition coefficient (Wildman–Crippen LogP) is 1.27. The molecule has 0 saturated heterocycles. The first kappa shape index (κ1) is 14.0. The van der Waals surface area contributed by atoms with E-state index in [4.69, 9.17) is 0 Å². The lowest BCUT2D eigenvalue weighted by atomic mass is 10.1. The number of amides is 1. The number of H-pyrrole nitrogens is 1. The van der Waals surface area contributed by atoms with Crippen molar-refractivity contribution in [3.8, 4) is 5.69 Å². The summed E-state index contributed by atoms with van der Waals surface area (Å²) in [6, 6.07) is 5.62. The van der Waals surface area contributed by atoms with Crippen LogP contribution < -0.4 is 5.32 Å². The van der Waals surface area contributed by atoms with Crippen molar-refractivity contribution in [1.82, 2.24) is 30.5 Å². The van der Waals surface area contributed by atoms with Gasteiger partial charge in [0.05, 0.1) is 29.8 Å². The van der Waals surface area contributed by atoms with Crippen LogP contribution in [-0.2, 0) is 6.42 Å². The maximum absolute atomic E-state index is 12.4. The van der Waals surface area contributed by atoms with Gasteiger partial charge >= 0.3 is 0 Å². The van der Waals surface area contributed by atoms with Crippen LogP contribution in [0.5, 0.6) is 0 Å². The van der Waals surface area contributed by atoms with Crippen molar-refractivity contribution in [2.75, 3.05) is 6.54 Å². The molecule has 0 aliphatic rings. The number of nitrogens with one attached hydrogen (secondary N) is 2. The molecule has 3 aromatic rings. The minimum atomic E-state index is -0.139. The monoisotopic (exact) mass is 296 g/mol. The Balaban J connectivity index is 1.75. The van der Waals surface area contributed by atoms with Crippen LogP contribution in [0, 0.1) is 6.92 Å². The quantitative estimate of drug-likeness (QED) is 0.742. The highest BCUT2D eigenvalue weighted by atomic mass is 16.1. The van der Waals surface area contributed by atoms with E-state index in [1.807, 2.05) is 31.3 Å². The van der Waals surface area contributed by atoms with Gasteiger partial charge in [-0.05, 0) is 31.0 Å². The molecule has 0 bridgehead atoms. The fourth-order valence-corrected chi connectivity index (χ4v) is 2.18. The van der Waals surface area contributed by atoms with Gasteiger partial charge in [0, 0.05) is 12.7 Å². The zero-order chi connectivity index (χ0) is 15.4. The van der Waals surface area contributed by atoms with Crippen LogP contribution in [0.25, 0.3) is 5.69 Å². The summed E-state index contributed by atoms with van der Waals surface area (Å²) >= 11 is 0. The standard InChI is InChI=1S/C15H16N6O/c1-11-2-3-14(21-19-6-7-20-21)13(8-11)15(22)16-5-4-12-9-17-18-10-12/h2-3,6-10H,4-5H2,1H3,(H,16,22)(H,17,18). The van der Waals surface area contributed by atoms with Crippen LogP contribution in [0.15, 0.2) is 43.0 Å². The maximum Gasteiger partial charge on any atom is 0.253 e. The van der Waals surface area contributed by atoms with Crippen molar-refractivity contribution < 1.29 is 4.79 Å². The molecule has 2 aromatic heterocycles. The van der Waals surface area contributed by atoms with Crippen molar-refractivity contribution in [2.45, 2.75) is 13.3 Å². The fraction of sp³-hybridized carbons (Fsp3) is 0.200. The molecule has 0 aliphatic carbocycles. The Bertz CT molecular complexity index is 748. The molecule has 1 aromatic carbocycles. The van der Waals surface area contributed by atoms with Crippen LogP contribution in [-0.4, -0.2) is 37.6 Å². The fourth-order valence-electron chi connectivity index (χ4n) is 2.18. The SMILES string of the molecule is Cc1ccc(-n2nccn2)c(C(=O)NCCc2cn[nH]c2)c1. The molecule has 22 heavy (non-hydrogen) atoms. The van der Waals surface area contributed by atoms with Gasteiger partial charge < -0.3 is 5.32 Å². The Labute approximate surface area is 127 Å². The van der Waals surface area contributed by atoms with Gasteiger partial charge in [-0.2, -0.15) is 20.1 Å². The molecule has 0 atom stereocenters. The highest BCUT2D eigenvalue weighted by Crippen LogP contribution is 2.15. The second-order valence-electron chi connectivity index (χ2n) is 4.95. The van der Waals surface area contributed by atoms with Gasteiger partial charge in [0.1, 0.15) is 0 Å². The Hall–Kier alpha value is -2.96. The summed E-state index contributed by atoms with van der Waals surface area (Å²) in [5.41, 5.74) is 3.29. The Morgan fingerprint density at radius 2 is 2.14 bits per heavy atom. The van der Waals surface area contributed by atoms with Gasteiger partial charge in [0.15, 0.2) is 0 Å². The van der Waals surface area contributed by atoms with Crippen LogP contribution in [0.2, 0.25) is 0 Å². The lowest BCUT2D eigenvalue weighted by molar-refractivity contribution is 0.0953. The molecular formula is C15H16N6O. The number of nitrogens with zero attached hydrogens (tertiary/aromatic N) is 4. The van der Waals surface area contributed by atoms with E-state index in [0.29, 0.717) is 17.8 Å². The van der Waals surface area contributed by atoms with Crippen molar-refractivity contribution in [2.24, 2.45) is 0 Å². The number of benzene rings is 1. The predicted molar refractivity (Wildman–Crippen MR) is 80.7 cm³/mol. The minimum Gasteiger partial charge on any atom is -0.352 e. The molecule has 112 valence electrons. The van der Waals surface area contributed by atoms with Gasteiger partial charge in [-0.15, -0.1) is 0 Å². The summed E-state index contributed by atoms with van der Waals surface area (Å²) in [6.45, 7) is 2.49. The van der Waals surface area contributed by atoms with E-state index in [1.54, 1.807) is 18.6 Å². The average molecular weight is 296 g/mol. The summed E-state index contributed by atoms with van der Waals surface area (Å²) in [5, 5.41) is 17.7. The minimum absolute atomic E-state index is 0.139. The molecule has 7 heteroatoms. The number of aromatic nitrogens is 5. The topological polar surface area (TPSA) is 88.5 Å². The van der Waals surface area contributed by atoms with Crippen molar-refractivity contribution in [3.63, 3.8) is 0 Å². The number of carbonyl (C=O) groups is 1. The average Bonchev–Trinajstić information content (AvgIpc) is 3.20. The van der Waals surface area contributed by atoms with E-state index < -0.39 is 0 Å². The highest BCUT2D eigenvalue weighted by Gasteiger charge is 2.14. The third-order valence-corrected chi connectivity index (χ3v) is 3.28. The molecule has 0 fully saturated rings. The number of hydrogen-bond donors (Lipinski definition) is 2. The number of rotatable bonds is 5. The lowest BCUT2D eigenvalue weighted by Crippen LogP contribution is -2.27. The zero-order valence-corrected chi connectivity index (χ0v) is 12.2. The smallest absolute Gasteiger partial charge is 0.253 e. The number of aryl methyl sites for hydroxylation is 1. The van der Waals surface area contributed by atoms with Gasteiger partial charge in [-0.1, -0.05) is 11.6 Å². The Morgan fingerprint density at radius 3 is 2.86 bits per heavy atom. The van der Waals surface area contributed by atoms with E-state index >= 15 is 0 Å². The first-order chi connectivity index (χ1) is 10.7. The van der Waals surface area contributed by atoms with Gasteiger partial charge in [0.2, 0.25) is 0 Å². The van der Waals surface area contributed by atoms with E-state index in [2.05, 4.69) is 25.7 Å². The molecule has 0 radical (unpaired) electrons. The van der Waals surface area contributed by atoms with Gasteiger partial charge in [-0.25, -0.2) is 0 Å². The molecule has 2 heterocycles. The van der Waals surface area contributed by atoms with Gasteiger partial charge in [-0.3, -0.25) is 9.89 Å². The second-order valence-corrected chi connectivity index (χ2v) is 4.95. The molecule has 2 N–H and O–H groups in total. The van der Waals surface area contributed by atoms with E-state index in [0.717, 1.165) is 17.5 Å². The Morgan fingerprint density at radius 1 is 1.32 bits per heavy atom. The number of carbonyl (C=O) groups excluding carboxylic acids is 1. The molecule has 3 rings (SSSR count). The van der Waals surface area contributed by atoms with Crippen LogP contribution in [0.1, 0.15) is 21.5 Å². The van der Waals surface area contributed by atoms with Crippen molar-refractivity contribution in [1.29, 1.82) is 0 Å².